The fraction of sp³-hybridized carbons (Fsp3) is 0.400. The molecule has 0 aliphatic rings. The summed E-state index contributed by atoms with van der Waals surface area (Å²) in [6.07, 6.45) is 2.85. The van der Waals surface area contributed by atoms with Gasteiger partial charge in [-0.2, -0.15) is 0 Å². The third-order valence-corrected chi connectivity index (χ3v) is 6.43. The second kappa shape index (κ2) is 8.22. The number of aryl methyl sites for hydroxylation is 1. The summed E-state index contributed by atoms with van der Waals surface area (Å²) in [5.74, 6) is -0.529. The Morgan fingerprint density at radius 3 is 2.68 bits per heavy atom. The number of carbonyl (C=O) groups is 1. The van der Waals surface area contributed by atoms with Gasteiger partial charge in [0.25, 0.3) is 5.91 Å². The molecule has 0 aliphatic heterocycles. The van der Waals surface area contributed by atoms with Crippen LogP contribution in [0.5, 0.6) is 0 Å². The molecule has 10 heteroatoms. The van der Waals surface area contributed by atoms with Gasteiger partial charge in [0.1, 0.15) is 5.01 Å². The number of unbranched alkanes of at least 4 members (excludes halogenated alkanes) is 1. The number of anilines is 1. The van der Waals surface area contributed by atoms with Crippen LogP contribution < -0.4 is 5.32 Å². The molecule has 0 bridgehead atoms. The predicted octanol–water partition coefficient (Wildman–Crippen LogP) is 3.04. The molecule has 1 aromatic carbocycles. The second-order valence-electron chi connectivity index (χ2n) is 5.49. The zero-order valence-corrected chi connectivity index (χ0v) is 16.5. The average molecular weight is 403 g/mol. The van der Waals surface area contributed by atoms with Gasteiger partial charge in [-0.1, -0.05) is 36.3 Å². The third-order valence-electron chi connectivity index (χ3n) is 3.39. The van der Waals surface area contributed by atoms with E-state index in [0.29, 0.717) is 5.13 Å². The van der Waals surface area contributed by atoms with E-state index in [0.717, 1.165) is 28.6 Å². The van der Waals surface area contributed by atoms with Crippen molar-refractivity contribution in [3.8, 4) is 0 Å². The predicted molar refractivity (Wildman–Crippen MR) is 98.8 cm³/mol. The molecule has 0 saturated carbocycles. The third kappa shape index (κ3) is 4.75. The molecule has 0 spiro atoms. The minimum atomic E-state index is -3.66. The number of nitrogens with zero attached hydrogens (tertiary/aromatic N) is 3. The van der Waals surface area contributed by atoms with Gasteiger partial charge >= 0.3 is 0 Å². The fourth-order valence-corrected chi connectivity index (χ4v) is 3.86. The smallest absolute Gasteiger partial charge is 0.259 e. The van der Waals surface area contributed by atoms with Crippen molar-refractivity contribution in [3.05, 3.63) is 33.8 Å². The number of carbonyl (C=O) groups excluding carboxylic acids is 1. The summed E-state index contributed by atoms with van der Waals surface area (Å²) in [7, 11) is -0.821. The van der Waals surface area contributed by atoms with E-state index in [4.69, 9.17) is 11.6 Å². The molecule has 1 N–H and O–H groups in total. The molecule has 1 heterocycles. The Hall–Kier alpha value is -1.55. The van der Waals surface area contributed by atoms with Crippen LogP contribution in [0, 0.1) is 0 Å². The highest BCUT2D eigenvalue weighted by atomic mass is 35.5. The zero-order chi connectivity index (χ0) is 18.6. The lowest BCUT2D eigenvalue weighted by molar-refractivity contribution is 0.102. The molecule has 0 atom stereocenters. The topological polar surface area (TPSA) is 92.3 Å². The van der Waals surface area contributed by atoms with E-state index >= 15 is 0 Å². The molecular weight excluding hydrogens is 384 g/mol. The van der Waals surface area contributed by atoms with Crippen molar-refractivity contribution in [2.24, 2.45) is 0 Å². The van der Waals surface area contributed by atoms with E-state index in [9.17, 15) is 13.2 Å². The lowest BCUT2D eigenvalue weighted by atomic mass is 10.2. The van der Waals surface area contributed by atoms with E-state index in [1.807, 2.05) is 0 Å². The Balaban J connectivity index is 2.23. The quantitative estimate of drug-likeness (QED) is 0.768. The number of halogens is 1. The van der Waals surface area contributed by atoms with E-state index < -0.39 is 15.9 Å². The maximum atomic E-state index is 12.4. The van der Waals surface area contributed by atoms with Crippen molar-refractivity contribution >= 4 is 44.0 Å². The molecule has 25 heavy (non-hydrogen) atoms. The van der Waals surface area contributed by atoms with Gasteiger partial charge in [0.05, 0.1) is 15.5 Å². The Morgan fingerprint density at radius 2 is 2.04 bits per heavy atom. The SMILES string of the molecule is CCCCc1nnc(NC(=O)c2cc(S(=O)(=O)N(C)C)ccc2Cl)s1. The highest BCUT2D eigenvalue weighted by Gasteiger charge is 2.21. The van der Waals surface area contributed by atoms with Crippen molar-refractivity contribution in [2.45, 2.75) is 31.1 Å². The van der Waals surface area contributed by atoms with Crippen LogP contribution in [0.4, 0.5) is 5.13 Å². The monoisotopic (exact) mass is 402 g/mol. The van der Waals surface area contributed by atoms with Gasteiger partial charge in [0, 0.05) is 20.5 Å². The maximum absolute atomic E-state index is 12.4. The van der Waals surface area contributed by atoms with Gasteiger partial charge in [0.2, 0.25) is 15.2 Å². The van der Waals surface area contributed by atoms with Gasteiger partial charge in [-0.05, 0) is 24.6 Å². The highest BCUT2D eigenvalue weighted by molar-refractivity contribution is 7.89. The Bertz CT molecular complexity index is 865. The Kier molecular flexibility index (Phi) is 6.50. The first-order valence-corrected chi connectivity index (χ1v) is 10.2. The molecule has 136 valence electrons. The van der Waals surface area contributed by atoms with Crippen molar-refractivity contribution in [1.29, 1.82) is 0 Å². The zero-order valence-electron chi connectivity index (χ0n) is 14.1. The normalized spacial score (nSPS) is 11.7. The average Bonchev–Trinajstić information content (AvgIpc) is 3.00. The van der Waals surface area contributed by atoms with Crippen LogP contribution in [0.2, 0.25) is 5.02 Å². The van der Waals surface area contributed by atoms with E-state index in [2.05, 4.69) is 22.4 Å². The largest absolute Gasteiger partial charge is 0.296 e. The summed E-state index contributed by atoms with van der Waals surface area (Å²) in [4.78, 5) is 12.4. The molecule has 1 aromatic heterocycles. The maximum Gasteiger partial charge on any atom is 0.259 e. The van der Waals surface area contributed by atoms with Gasteiger partial charge in [0.15, 0.2) is 0 Å². The number of hydrogen-bond donors (Lipinski definition) is 1. The number of benzene rings is 1. The molecule has 0 saturated heterocycles. The summed E-state index contributed by atoms with van der Waals surface area (Å²) in [6, 6.07) is 4.01. The van der Waals surface area contributed by atoms with Crippen LogP contribution in [-0.4, -0.2) is 42.9 Å². The second-order valence-corrected chi connectivity index (χ2v) is 9.11. The van der Waals surface area contributed by atoms with E-state index in [1.54, 1.807) is 0 Å². The van der Waals surface area contributed by atoms with Crippen LogP contribution in [0.3, 0.4) is 0 Å². The van der Waals surface area contributed by atoms with E-state index in [1.165, 1.54) is 43.6 Å². The molecular formula is C15H19ClN4O3S2. The summed E-state index contributed by atoms with van der Waals surface area (Å²) >= 11 is 7.35. The molecule has 0 unspecified atom stereocenters. The molecule has 1 amide bonds. The molecule has 0 aliphatic carbocycles. The number of sulfonamides is 1. The van der Waals surface area contributed by atoms with Crippen molar-refractivity contribution in [3.63, 3.8) is 0 Å². The van der Waals surface area contributed by atoms with Crippen molar-refractivity contribution < 1.29 is 13.2 Å². The highest BCUT2D eigenvalue weighted by Crippen LogP contribution is 2.24. The van der Waals surface area contributed by atoms with Crippen molar-refractivity contribution in [2.75, 3.05) is 19.4 Å². The van der Waals surface area contributed by atoms with Gasteiger partial charge < -0.3 is 0 Å². The van der Waals surface area contributed by atoms with Gasteiger partial charge in [-0.15, -0.1) is 10.2 Å². The summed E-state index contributed by atoms with van der Waals surface area (Å²) in [5.41, 5.74) is 0.0647. The molecule has 2 aromatic rings. The lowest BCUT2D eigenvalue weighted by Crippen LogP contribution is -2.23. The number of hydrogen-bond acceptors (Lipinski definition) is 6. The fourth-order valence-electron chi connectivity index (χ4n) is 1.95. The van der Waals surface area contributed by atoms with Crippen LogP contribution in [-0.2, 0) is 16.4 Å². The number of aromatic nitrogens is 2. The Morgan fingerprint density at radius 1 is 1.32 bits per heavy atom. The minimum absolute atomic E-state index is 0.00653. The van der Waals surface area contributed by atoms with Gasteiger partial charge in [-0.25, -0.2) is 12.7 Å². The van der Waals surface area contributed by atoms with E-state index in [-0.39, 0.29) is 15.5 Å². The standard InChI is InChI=1S/C15H19ClN4O3S2/c1-4-5-6-13-18-19-15(24-13)17-14(21)11-9-10(7-8-12(11)16)25(22,23)20(2)3/h7-9H,4-6H2,1-3H3,(H,17,19,21). The molecule has 0 fully saturated rings. The van der Waals surface area contributed by atoms with Crippen LogP contribution >= 0.6 is 22.9 Å². The van der Waals surface area contributed by atoms with Crippen molar-refractivity contribution in [1.82, 2.24) is 14.5 Å². The lowest BCUT2D eigenvalue weighted by Gasteiger charge is -2.12. The van der Waals surface area contributed by atoms with Crippen LogP contribution in [0.25, 0.3) is 0 Å². The molecule has 0 radical (unpaired) electrons. The summed E-state index contributed by atoms with van der Waals surface area (Å²) in [5, 5.41) is 11.9. The number of rotatable bonds is 7. The Labute approximate surface area is 156 Å². The molecule has 7 nitrogen and oxygen atoms in total. The first-order chi connectivity index (χ1) is 11.8. The first kappa shape index (κ1) is 19.8. The minimum Gasteiger partial charge on any atom is -0.296 e. The summed E-state index contributed by atoms with van der Waals surface area (Å²) < 4.78 is 25.5. The summed E-state index contributed by atoms with van der Waals surface area (Å²) in [6.45, 7) is 2.08. The first-order valence-electron chi connectivity index (χ1n) is 7.61. The van der Waals surface area contributed by atoms with Crippen LogP contribution in [0.15, 0.2) is 23.1 Å². The van der Waals surface area contributed by atoms with Gasteiger partial charge in [-0.3, -0.25) is 10.1 Å². The molecule has 2 rings (SSSR count). The number of nitrogens with one attached hydrogen (secondary N) is 1. The number of amides is 1. The van der Waals surface area contributed by atoms with Crippen LogP contribution in [0.1, 0.15) is 35.1 Å².